The number of likely N-dealkylation sites (tertiary alicyclic amines) is 1. The molecule has 1 fully saturated rings. The molecule has 0 aromatic rings. The molecule has 3 unspecified atom stereocenters. The van der Waals surface area contributed by atoms with E-state index in [1.165, 1.54) is 0 Å². The molecule has 0 aromatic carbocycles. The molecule has 1 saturated heterocycles. The zero-order valence-corrected chi connectivity index (χ0v) is 13.3. The first-order valence-electron chi connectivity index (χ1n) is 7.43. The minimum Gasteiger partial charge on any atom is -0.481 e. The van der Waals surface area contributed by atoms with Crippen LogP contribution < -0.4 is 5.32 Å². The minimum atomic E-state index is -0.770. The summed E-state index contributed by atoms with van der Waals surface area (Å²) in [5, 5.41) is 12.3. The maximum atomic E-state index is 12.1. The molecule has 1 heterocycles. The number of carbonyl (C=O) groups excluding carboxylic acids is 1. The molecule has 5 nitrogen and oxygen atoms in total. The standard InChI is InChI=1S/C15H28N2O3/c1-6-10(2)17-8-11(13(18)19)7-12(9-17)16-14(20)15(3,4)5/h10-12H,6-9H2,1-5H3,(H,16,20)(H,18,19). The van der Waals surface area contributed by atoms with Crippen LogP contribution in [0.3, 0.4) is 0 Å². The van der Waals surface area contributed by atoms with E-state index in [2.05, 4.69) is 24.1 Å². The summed E-state index contributed by atoms with van der Waals surface area (Å²) in [5.41, 5.74) is -0.447. The van der Waals surface area contributed by atoms with Crippen LogP contribution in [0.2, 0.25) is 0 Å². The van der Waals surface area contributed by atoms with Crippen molar-refractivity contribution in [2.75, 3.05) is 13.1 Å². The predicted octanol–water partition coefficient (Wildman–Crippen LogP) is 1.72. The zero-order chi connectivity index (χ0) is 15.5. The van der Waals surface area contributed by atoms with E-state index in [4.69, 9.17) is 0 Å². The number of piperidine rings is 1. The SMILES string of the molecule is CCC(C)N1CC(NC(=O)C(C)(C)C)CC(C(=O)O)C1. The van der Waals surface area contributed by atoms with Crippen LogP contribution in [-0.2, 0) is 9.59 Å². The van der Waals surface area contributed by atoms with E-state index >= 15 is 0 Å². The average Bonchev–Trinajstić information content (AvgIpc) is 2.36. The van der Waals surface area contributed by atoms with Crippen LogP contribution in [0.5, 0.6) is 0 Å². The molecule has 0 bridgehead atoms. The van der Waals surface area contributed by atoms with Gasteiger partial charge in [0.25, 0.3) is 0 Å². The molecule has 5 heteroatoms. The van der Waals surface area contributed by atoms with E-state index in [-0.39, 0.29) is 11.9 Å². The van der Waals surface area contributed by atoms with Crippen LogP contribution >= 0.6 is 0 Å². The van der Waals surface area contributed by atoms with Crippen molar-refractivity contribution in [2.45, 2.75) is 59.5 Å². The number of nitrogens with zero attached hydrogens (tertiary/aromatic N) is 1. The van der Waals surface area contributed by atoms with Gasteiger partial charge in [0.2, 0.25) is 5.91 Å². The van der Waals surface area contributed by atoms with Gasteiger partial charge in [-0.25, -0.2) is 0 Å². The Morgan fingerprint density at radius 2 is 1.95 bits per heavy atom. The Labute approximate surface area is 121 Å². The molecule has 116 valence electrons. The summed E-state index contributed by atoms with van der Waals surface area (Å²) >= 11 is 0. The highest BCUT2D eigenvalue weighted by molar-refractivity contribution is 5.81. The average molecular weight is 284 g/mol. The number of amides is 1. The molecule has 0 saturated carbocycles. The summed E-state index contributed by atoms with van der Waals surface area (Å²) in [6.45, 7) is 11.1. The highest BCUT2D eigenvalue weighted by Crippen LogP contribution is 2.22. The van der Waals surface area contributed by atoms with Gasteiger partial charge in [-0.2, -0.15) is 0 Å². The number of rotatable bonds is 4. The van der Waals surface area contributed by atoms with E-state index in [0.29, 0.717) is 19.0 Å². The van der Waals surface area contributed by atoms with Crippen LogP contribution in [0.15, 0.2) is 0 Å². The summed E-state index contributed by atoms with van der Waals surface area (Å²) in [7, 11) is 0. The number of nitrogens with one attached hydrogen (secondary N) is 1. The van der Waals surface area contributed by atoms with Crippen molar-refractivity contribution in [3.63, 3.8) is 0 Å². The van der Waals surface area contributed by atoms with Gasteiger partial charge in [0.05, 0.1) is 5.92 Å². The molecule has 1 rings (SSSR count). The van der Waals surface area contributed by atoms with E-state index in [0.717, 1.165) is 13.0 Å². The molecular weight excluding hydrogens is 256 g/mol. The lowest BCUT2D eigenvalue weighted by atomic mass is 9.90. The quantitative estimate of drug-likeness (QED) is 0.825. The highest BCUT2D eigenvalue weighted by atomic mass is 16.4. The molecule has 1 aliphatic heterocycles. The second-order valence-corrected chi connectivity index (χ2v) is 6.90. The third-order valence-electron chi connectivity index (χ3n) is 4.06. The fraction of sp³-hybridized carbons (Fsp3) is 0.867. The fourth-order valence-electron chi connectivity index (χ4n) is 2.44. The minimum absolute atomic E-state index is 0.0161. The van der Waals surface area contributed by atoms with E-state index in [1.54, 1.807) is 0 Å². The smallest absolute Gasteiger partial charge is 0.307 e. The van der Waals surface area contributed by atoms with Crippen LogP contribution in [0.25, 0.3) is 0 Å². The number of hydrogen-bond donors (Lipinski definition) is 2. The molecule has 20 heavy (non-hydrogen) atoms. The molecule has 0 radical (unpaired) electrons. The number of carboxylic acids is 1. The van der Waals surface area contributed by atoms with E-state index in [9.17, 15) is 14.7 Å². The Morgan fingerprint density at radius 3 is 2.40 bits per heavy atom. The van der Waals surface area contributed by atoms with Gasteiger partial charge >= 0.3 is 5.97 Å². The topological polar surface area (TPSA) is 69.6 Å². The van der Waals surface area contributed by atoms with Gasteiger partial charge < -0.3 is 10.4 Å². The van der Waals surface area contributed by atoms with Crippen molar-refractivity contribution in [1.82, 2.24) is 10.2 Å². The number of carbonyl (C=O) groups is 2. The second kappa shape index (κ2) is 6.57. The second-order valence-electron chi connectivity index (χ2n) is 6.90. The van der Waals surface area contributed by atoms with Crippen LogP contribution in [0.1, 0.15) is 47.5 Å². The van der Waals surface area contributed by atoms with Crippen molar-refractivity contribution in [3.8, 4) is 0 Å². The van der Waals surface area contributed by atoms with Crippen molar-refractivity contribution in [1.29, 1.82) is 0 Å². The normalized spacial score (nSPS) is 26.1. The van der Waals surface area contributed by atoms with Gasteiger partial charge in [0, 0.05) is 30.6 Å². The third-order valence-corrected chi connectivity index (χ3v) is 4.06. The lowest BCUT2D eigenvalue weighted by Gasteiger charge is -2.40. The number of aliphatic carboxylic acids is 1. The first-order valence-corrected chi connectivity index (χ1v) is 7.43. The van der Waals surface area contributed by atoms with Crippen molar-refractivity contribution < 1.29 is 14.7 Å². The lowest BCUT2D eigenvalue weighted by molar-refractivity contribution is -0.145. The summed E-state index contributed by atoms with van der Waals surface area (Å²) in [5.74, 6) is -1.19. The van der Waals surface area contributed by atoms with Crippen LogP contribution in [-0.4, -0.2) is 47.1 Å². The lowest BCUT2D eigenvalue weighted by Crippen LogP contribution is -2.55. The molecule has 3 atom stereocenters. The van der Waals surface area contributed by atoms with E-state index < -0.39 is 17.3 Å². The molecule has 0 aliphatic carbocycles. The van der Waals surface area contributed by atoms with Crippen molar-refractivity contribution in [2.24, 2.45) is 11.3 Å². The Balaban J connectivity index is 2.75. The Kier molecular flexibility index (Phi) is 5.57. The van der Waals surface area contributed by atoms with Gasteiger partial charge in [-0.1, -0.05) is 27.7 Å². The monoisotopic (exact) mass is 284 g/mol. The van der Waals surface area contributed by atoms with Gasteiger partial charge in [0.15, 0.2) is 0 Å². The number of hydrogen-bond acceptors (Lipinski definition) is 3. The summed E-state index contributed by atoms with van der Waals surface area (Å²) in [4.78, 5) is 25.6. The maximum absolute atomic E-state index is 12.1. The molecule has 1 amide bonds. The van der Waals surface area contributed by atoms with Gasteiger partial charge in [-0.05, 0) is 19.8 Å². The Hall–Kier alpha value is -1.10. The first-order chi connectivity index (χ1) is 9.15. The van der Waals surface area contributed by atoms with Gasteiger partial charge in [-0.3, -0.25) is 14.5 Å². The van der Waals surface area contributed by atoms with Gasteiger partial charge in [-0.15, -0.1) is 0 Å². The first kappa shape index (κ1) is 17.0. The predicted molar refractivity (Wildman–Crippen MR) is 78.5 cm³/mol. The zero-order valence-electron chi connectivity index (χ0n) is 13.3. The maximum Gasteiger partial charge on any atom is 0.307 e. The molecule has 1 aliphatic rings. The van der Waals surface area contributed by atoms with Crippen LogP contribution in [0.4, 0.5) is 0 Å². The number of carboxylic acid groups (broad SMARTS) is 1. The molecule has 2 N–H and O–H groups in total. The Morgan fingerprint density at radius 1 is 1.35 bits per heavy atom. The summed E-state index contributed by atoms with van der Waals surface area (Å²) in [6, 6.07) is 0.261. The summed E-state index contributed by atoms with van der Waals surface area (Å²) in [6.07, 6.45) is 1.50. The fourth-order valence-corrected chi connectivity index (χ4v) is 2.44. The van der Waals surface area contributed by atoms with E-state index in [1.807, 2.05) is 20.8 Å². The summed E-state index contributed by atoms with van der Waals surface area (Å²) < 4.78 is 0. The molecule has 0 spiro atoms. The highest BCUT2D eigenvalue weighted by Gasteiger charge is 2.35. The largest absolute Gasteiger partial charge is 0.481 e. The van der Waals surface area contributed by atoms with Gasteiger partial charge in [0.1, 0.15) is 0 Å². The molecular formula is C15H28N2O3. The van der Waals surface area contributed by atoms with Crippen molar-refractivity contribution >= 4 is 11.9 Å². The van der Waals surface area contributed by atoms with Crippen LogP contribution in [0, 0.1) is 11.3 Å². The third kappa shape index (κ3) is 4.47. The van der Waals surface area contributed by atoms with Crippen molar-refractivity contribution in [3.05, 3.63) is 0 Å². The molecule has 0 aromatic heterocycles. The Bertz CT molecular complexity index is 363.